The van der Waals surface area contributed by atoms with Gasteiger partial charge in [-0.15, -0.1) is 0 Å². The first kappa shape index (κ1) is 12.8. The molecule has 2 fully saturated rings. The van der Waals surface area contributed by atoms with E-state index in [0.29, 0.717) is 32.1 Å². The third kappa shape index (κ3) is 3.18. The zero-order valence-electron chi connectivity index (χ0n) is 10.3. The lowest BCUT2D eigenvalue weighted by Crippen LogP contribution is -2.51. The highest BCUT2D eigenvalue weighted by Gasteiger charge is 2.48. The van der Waals surface area contributed by atoms with Crippen molar-refractivity contribution in [2.45, 2.75) is 49.8 Å². The van der Waals surface area contributed by atoms with Crippen LogP contribution in [-0.4, -0.2) is 49.1 Å². The maximum absolute atomic E-state index is 11.4. The number of rotatable bonds is 7. The van der Waals surface area contributed by atoms with Crippen LogP contribution < -0.4 is 5.32 Å². The van der Waals surface area contributed by atoms with Gasteiger partial charge < -0.3 is 14.6 Å². The topological polar surface area (TPSA) is 67.8 Å². The minimum Gasteiger partial charge on any atom is -0.480 e. The van der Waals surface area contributed by atoms with Crippen LogP contribution in [0.4, 0.5) is 0 Å². The summed E-state index contributed by atoms with van der Waals surface area (Å²) in [5, 5.41) is 12.7. The summed E-state index contributed by atoms with van der Waals surface area (Å²) in [6.07, 6.45) is 4.30. The largest absolute Gasteiger partial charge is 0.480 e. The Labute approximate surface area is 101 Å². The first-order chi connectivity index (χ1) is 8.16. The van der Waals surface area contributed by atoms with Gasteiger partial charge in [-0.05, 0) is 25.7 Å². The van der Waals surface area contributed by atoms with Crippen LogP contribution >= 0.6 is 0 Å². The molecule has 2 aliphatic carbocycles. The number of hydrogen-bond acceptors (Lipinski definition) is 4. The van der Waals surface area contributed by atoms with E-state index < -0.39 is 11.5 Å². The fourth-order valence-corrected chi connectivity index (χ4v) is 2.45. The smallest absolute Gasteiger partial charge is 0.324 e. The van der Waals surface area contributed by atoms with Crippen molar-refractivity contribution in [3.8, 4) is 0 Å². The number of carboxylic acids is 1. The molecule has 2 N–H and O–H groups in total. The molecule has 2 atom stereocenters. The molecule has 0 aromatic heterocycles. The summed E-state index contributed by atoms with van der Waals surface area (Å²) < 4.78 is 10.5. The van der Waals surface area contributed by atoms with Gasteiger partial charge in [-0.1, -0.05) is 0 Å². The van der Waals surface area contributed by atoms with Gasteiger partial charge in [0.2, 0.25) is 0 Å². The number of hydrogen-bond donors (Lipinski definition) is 2. The SMILES string of the molecule is COCCOC1CCC(NC2CC2)(C(=O)O)C1. The number of methoxy groups -OCH3 is 1. The van der Waals surface area contributed by atoms with Crippen molar-refractivity contribution in [1.82, 2.24) is 5.32 Å². The van der Waals surface area contributed by atoms with E-state index in [1.54, 1.807) is 7.11 Å². The molecular weight excluding hydrogens is 222 g/mol. The number of carbonyl (C=O) groups is 1. The van der Waals surface area contributed by atoms with Crippen LogP contribution in [0.2, 0.25) is 0 Å². The van der Waals surface area contributed by atoms with E-state index in [2.05, 4.69) is 5.32 Å². The fraction of sp³-hybridized carbons (Fsp3) is 0.917. The lowest BCUT2D eigenvalue weighted by Gasteiger charge is -2.26. The normalized spacial score (nSPS) is 32.9. The van der Waals surface area contributed by atoms with Gasteiger partial charge in [0.05, 0.1) is 19.3 Å². The molecule has 0 aromatic rings. The predicted octanol–water partition coefficient (Wildman–Crippen LogP) is 0.777. The van der Waals surface area contributed by atoms with E-state index in [1.165, 1.54) is 0 Å². The van der Waals surface area contributed by atoms with E-state index in [9.17, 15) is 9.90 Å². The van der Waals surface area contributed by atoms with Crippen molar-refractivity contribution in [3.63, 3.8) is 0 Å². The van der Waals surface area contributed by atoms with Crippen LogP contribution in [0.3, 0.4) is 0 Å². The minimum atomic E-state index is -0.751. The van der Waals surface area contributed by atoms with Gasteiger partial charge in [0, 0.05) is 19.6 Å². The highest BCUT2D eigenvalue weighted by Crippen LogP contribution is 2.35. The Morgan fingerprint density at radius 2 is 2.18 bits per heavy atom. The first-order valence-electron chi connectivity index (χ1n) is 6.28. The summed E-state index contributed by atoms with van der Waals surface area (Å²) >= 11 is 0. The molecule has 98 valence electrons. The summed E-state index contributed by atoms with van der Waals surface area (Å²) in [7, 11) is 1.63. The van der Waals surface area contributed by atoms with Crippen LogP contribution in [0.5, 0.6) is 0 Å². The van der Waals surface area contributed by atoms with Crippen molar-refractivity contribution in [2.75, 3.05) is 20.3 Å². The lowest BCUT2D eigenvalue weighted by molar-refractivity contribution is -0.145. The lowest BCUT2D eigenvalue weighted by atomic mass is 9.97. The minimum absolute atomic E-state index is 0.0486. The van der Waals surface area contributed by atoms with Crippen LogP contribution in [-0.2, 0) is 14.3 Å². The second-order valence-corrected chi connectivity index (χ2v) is 5.03. The number of carboxylic acid groups (broad SMARTS) is 1. The second kappa shape index (κ2) is 5.33. The van der Waals surface area contributed by atoms with Crippen molar-refractivity contribution >= 4 is 5.97 Å². The van der Waals surface area contributed by atoms with Crippen LogP contribution in [0.25, 0.3) is 0 Å². The predicted molar refractivity (Wildman–Crippen MR) is 62.0 cm³/mol. The van der Waals surface area contributed by atoms with Gasteiger partial charge in [-0.3, -0.25) is 10.1 Å². The Kier molecular flexibility index (Phi) is 4.01. The summed E-state index contributed by atoms with van der Waals surface area (Å²) in [4.78, 5) is 11.4. The van der Waals surface area contributed by atoms with Crippen LogP contribution in [0, 0.1) is 0 Å². The molecule has 17 heavy (non-hydrogen) atoms. The third-order valence-corrected chi connectivity index (χ3v) is 3.58. The monoisotopic (exact) mass is 243 g/mol. The molecule has 5 heteroatoms. The molecule has 0 aromatic carbocycles. The Hall–Kier alpha value is -0.650. The van der Waals surface area contributed by atoms with Gasteiger partial charge >= 0.3 is 5.97 Å². The maximum Gasteiger partial charge on any atom is 0.324 e. The Balaban J connectivity index is 1.84. The molecule has 2 saturated carbocycles. The molecule has 0 bridgehead atoms. The average Bonchev–Trinajstić information content (AvgIpc) is 2.99. The Morgan fingerprint density at radius 1 is 1.41 bits per heavy atom. The van der Waals surface area contributed by atoms with E-state index in [4.69, 9.17) is 9.47 Å². The van der Waals surface area contributed by atoms with E-state index in [1.807, 2.05) is 0 Å². The number of aliphatic carboxylic acids is 1. The molecule has 5 nitrogen and oxygen atoms in total. The quantitative estimate of drug-likeness (QED) is 0.647. The molecule has 2 unspecified atom stereocenters. The Morgan fingerprint density at radius 3 is 2.76 bits per heavy atom. The van der Waals surface area contributed by atoms with Crippen LogP contribution in [0.1, 0.15) is 32.1 Å². The first-order valence-corrected chi connectivity index (χ1v) is 6.28. The Bertz CT molecular complexity index is 280. The zero-order valence-corrected chi connectivity index (χ0v) is 10.3. The summed E-state index contributed by atoms with van der Waals surface area (Å²) in [5.74, 6) is -0.734. The highest BCUT2D eigenvalue weighted by molar-refractivity contribution is 5.79. The van der Waals surface area contributed by atoms with Gasteiger partial charge in [-0.2, -0.15) is 0 Å². The molecule has 2 aliphatic rings. The highest BCUT2D eigenvalue weighted by atomic mass is 16.5. The maximum atomic E-state index is 11.4. The molecule has 0 saturated heterocycles. The van der Waals surface area contributed by atoms with Crippen molar-refractivity contribution in [2.24, 2.45) is 0 Å². The molecule has 2 rings (SSSR count). The third-order valence-electron chi connectivity index (χ3n) is 3.58. The van der Waals surface area contributed by atoms with E-state index in [-0.39, 0.29) is 6.10 Å². The molecule has 0 spiro atoms. The molecule has 0 amide bonds. The number of nitrogens with one attached hydrogen (secondary N) is 1. The van der Waals surface area contributed by atoms with E-state index in [0.717, 1.165) is 19.3 Å². The zero-order chi connectivity index (χ0) is 12.3. The van der Waals surface area contributed by atoms with Gasteiger partial charge in [0.15, 0.2) is 0 Å². The van der Waals surface area contributed by atoms with Gasteiger partial charge in [-0.25, -0.2) is 0 Å². The van der Waals surface area contributed by atoms with Crippen molar-refractivity contribution in [1.29, 1.82) is 0 Å². The summed E-state index contributed by atoms with van der Waals surface area (Å²) in [6.45, 7) is 1.10. The molecule has 0 radical (unpaired) electrons. The molecule has 0 heterocycles. The standard InChI is InChI=1S/C12H21NO4/c1-16-6-7-17-10-4-5-12(8-10,11(14)15)13-9-2-3-9/h9-10,13H,2-8H2,1H3,(H,14,15). The van der Waals surface area contributed by atoms with Gasteiger partial charge in [0.1, 0.15) is 5.54 Å². The summed E-state index contributed by atoms with van der Waals surface area (Å²) in [5.41, 5.74) is -0.751. The summed E-state index contributed by atoms with van der Waals surface area (Å²) in [6, 6.07) is 0.406. The van der Waals surface area contributed by atoms with E-state index >= 15 is 0 Å². The molecular formula is C12H21NO4. The van der Waals surface area contributed by atoms with Crippen molar-refractivity contribution < 1.29 is 19.4 Å². The van der Waals surface area contributed by atoms with Gasteiger partial charge in [0.25, 0.3) is 0 Å². The van der Waals surface area contributed by atoms with Crippen molar-refractivity contribution in [3.05, 3.63) is 0 Å². The fourth-order valence-electron chi connectivity index (χ4n) is 2.45. The molecule has 0 aliphatic heterocycles. The average molecular weight is 243 g/mol. The number of ether oxygens (including phenoxy) is 2. The van der Waals surface area contributed by atoms with Crippen LogP contribution in [0.15, 0.2) is 0 Å². The second-order valence-electron chi connectivity index (χ2n) is 5.03.